The second-order valence-corrected chi connectivity index (χ2v) is 9.50. The molecule has 1 saturated carbocycles. The zero-order chi connectivity index (χ0) is 25.2. The summed E-state index contributed by atoms with van der Waals surface area (Å²) in [6, 6.07) is 6.20. The number of nitrogens with one attached hydrogen (secondary N) is 2. The monoisotopic (exact) mass is 484 g/mol. The van der Waals surface area contributed by atoms with E-state index in [9.17, 15) is 4.79 Å². The Kier molecular flexibility index (Phi) is 6.33. The third kappa shape index (κ3) is 4.75. The minimum absolute atomic E-state index is 0.0244. The number of aromatic nitrogens is 7. The van der Waals surface area contributed by atoms with Crippen LogP contribution in [0.5, 0.6) is 0 Å². The second-order valence-electron chi connectivity index (χ2n) is 9.50. The normalized spacial score (nSPS) is 17.8. The van der Waals surface area contributed by atoms with Crippen molar-refractivity contribution >= 4 is 22.6 Å². The van der Waals surface area contributed by atoms with Crippen LogP contribution in [0.4, 0.5) is 5.69 Å². The molecule has 0 spiro atoms. The predicted octanol–water partition coefficient (Wildman–Crippen LogP) is 3.25. The van der Waals surface area contributed by atoms with E-state index in [1.165, 1.54) is 6.20 Å². The fourth-order valence-corrected chi connectivity index (χ4v) is 4.71. The molecule has 184 valence electrons. The molecule has 0 radical (unpaired) electrons. The summed E-state index contributed by atoms with van der Waals surface area (Å²) in [6.45, 7) is 5.70. The molecule has 2 N–H and O–H groups in total. The van der Waals surface area contributed by atoms with Crippen LogP contribution in [0.15, 0.2) is 36.9 Å². The summed E-state index contributed by atoms with van der Waals surface area (Å²) in [5.74, 6) is 0.944. The maximum Gasteiger partial charge on any atom is 0.217 e. The molecule has 1 aliphatic rings. The molecule has 4 aromatic heterocycles. The number of hydrogen-bond donors (Lipinski definition) is 2. The molecule has 0 atom stereocenters. The van der Waals surface area contributed by atoms with Crippen molar-refractivity contribution in [1.82, 2.24) is 40.1 Å². The first-order valence-corrected chi connectivity index (χ1v) is 12.1. The van der Waals surface area contributed by atoms with Crippen LogP contribution in [0, 0.1) is 11.3 Å². The van der Waals surface area contributed by atoms with E-state index in [0.29, 0.717) is 22.9 Å². The van der Waals surface area contributed by atoms with Gasteiger partial charge in [-0.25, -0.2) is 14.6 Å². The Hall–Kier alpha value is -4.33. The van der Waals surface area contributed by atoms with Crippen LogP contribution in [0.3, 0.4) is 0 Å². The van der Waals surface area contributed by atoms with Crippen molar-refractivity contribution in [1.29, 1.82) is 5.26 Å². The van der Waals surface area contributed by atoms with Crippen LogP contribution >= 0.6 is 0 Å². The lowest BCUT2D eigenvalue weighted by atomic mass is 9.84. The summed E-state index contributed by atoms with van der Waals surface area (Å²) in [6.07, 6.45) is 10.7. The highest BCUT2D eigenvalue weighted by Crippen LogP contribution is 2.32. The van der Waals surface area contributed by atoms with Crippen LogP contribution in [-0.2, 0) is 4.79 Å². The lowest BCUT2D eigenvalue weighted by Crippen LogP contribution is -2.35. The van der Waals surface area contributed by atoms with Crippen molar-refractivity contribution < 1.29 is 4.79 Å². The number of pyridine rings is 2. The molecular formula is C25H28N10O. The molecule has 1 fully saturated rings. The number of nitriles is 1. The number of carbonyl (C=O) groups is 1. The Bertz CT molecular complexity index is 1440. The van der Waals surface area contributed by atoms with E-state index in [1.54, 1.807) is 34.7 Å². The van der Waals surface area contributed by atoms with Crippen LogP contribution in [0.1, 0.15) is 63.6 Å². The molecule has 11 nitrogen and oxygen atoms in total. The minimum Gasteiger partial charge on any atom is -0.381 e. The number of fused-ring (bicyclic) bond motifs is 1. The van der Waals surface area contributed by atoms with Gasteiger partial charge in [-0.3, -0.25) is 4.79 Å². The average molecular weight is 485 g/mol. The average Bonchev–Trinajstić information content (AvgIpc) is 3.51. The number of carbonyl (C=O) groups excluding carboxylic acids is 1. The van der Waals surface area contributed by atoms with Crippen LogP contribution in [0.2, 0.25) is 0 Å². The summed E-state index contributed by atoms with van der Waals surface area (Å²) >= 11 is 0. The number of anilines is 1. The molecule has 0 unspecified atom stereocenters. The zero-order valence-electron chi connectivity index (χ0n) is 20.5. The fourth-order valence-electron chi connectivity index (χ4n) is 4.71. The molecule has 4 heterocycles. The SMILES string of the molecule is CC(=O)N[C@H]1CC[C@H](c2cn(-c3cnc(-n4ncc5cc(C#N)cnc54)cc3NC(C)C)nn2)CC1. The van der Waals surface area contributed by atoms with E-state index in [-0.39, 0.29) is 18.0 Å². The molecule has 0 aliphatic heterocycles. The topological polar surface area (TPSA) is 139 Å². The molecule has 5 rings (SSSR count). The first-order chi connectivity index (χ1) is 17.4. The lowest BCUT2D eigenvalue weighted by Gasteiger charge is -2.27. The van der Waals surface area contributed by atoms with Crippen LogP contribution < -0.4 is 10.6 Å². The Balaban J connectivity index is 1.42. The molecule has 0 aromatic carbocycles. The van der Waals surface area contributed by atoms with Gasteiger partial charge in [0.05, 0.1) is 35.5 Å². The van der Waals surface area contributed by atoms with Gasteiger partial charge in [0, 0.05) is 42.6 Å². The van der Waals surface area contributed by atoms with Crippen LogP contribution in [-0.4, -0.2) is 52.7 Å². The van der Waals surface area contributed by atoms with Gasteiger partial charge >= 0.3 is 0 Å². The van der Waals surface area contributed by atoms with Gasteiger partial charge in [0.2, 0.25) is 5.91 Å². The van der Waals surface area contributed by atoms with Crippen molar-refractivity contribution in [2.24, 2.45) is 0 Å². The lowest BCUT2D eigenvalue weighted by molar-refractivity contribution is -0.119. The maximum atomic E-state index is 11.4. The van der Waals surface area contributed by atoms with Gasteiger partial charge in [0.1, 0.15) is 11.8 Å². The smallest absolute Gasteiger partial charge is 0.217 e. The summed E-state index contributed by atoms with van der Waals surface area (Å²) in [7, 11) is 0. The van der Waals surface area contributed by atoms with E-state index in [2.05, 4.69) is 55.9 Å². The van der Waals surface area contributed by atoms with E-state index < -0.39 is 0 Å². The molecule has 4 aromatic rings. The highest BCUT2D eigenvalue weighted by Gasteiger charge is 2.25. The predicted molar refractivity (Wildman–Crippen MR) is 134 cm³/mol. The van der Waals surface area contributed by atoms with Gasteiger partial charge in [-0.1, -0.05) is 5.21 Å². The van der Waals surface area contributed by atoms with Crippen molar-refractivity contribution in [2.75, 3.05) is 5.32 Å². The summed E-state index contributed by atoms with van der Waals surface area (Å²) in [4.78, 5) is 20.4. The first kappa shape index (κ1) is 23.4. The van der Waals surface area contributed by atoms with Gasteiger partial charge in [-0.05, 0) is 45.6 Å². The molecule has 0 saturated heterocycles. The van der Waals surface area contributed by atoms with Crippen molar-refractivity contribution in [3.8, 4) is 17.6 Å². The van der Waals surface area contributed by atoms with Crippen LogP contribution in [0.25, 0.3) is 22.5 Å². The Morgan fingerprint density at radius 2 is 1.94 bits per heavy atom. The third-order valence-corrected chi connectivity index (χ3v) is 6.38. The van der Waals surface area contributed by atoms with E-state index in [0.717, 1.165) is 48.1 Å². The summed E-state index contributed by atoms with van der Waals surface area (Å²) in [5, 5.41) is 29.7. The van der Waals surface area contributed by atoms with Crippen molar-refractivity contribution in [3.63, 3.8) is 0 Å². The Labute approximate surface area is 208 Å². The minimum atomic E-state index is 0.0244. The highest BCUT2D eigenvalue weighted by molar-refractivity contribution is 5.77. The van der Waals surface area contributed by atoms with Gasteiger partial charge in [-0.2, -0.15) is 15.0 Å². The summed E-state index contributed by atoms with van der Waals surface area (Å²) in [5.41, 5.74) is 3.69. The number of amides is 1. The van der Waals surface area contributed by atoms with Gasteiger partial charge in [-0.15, -0.1) is 5.10 Å². The van der Waals surface area contributed by atoms with Gasteiger partial charge in [0.25, 0.3) is 0 Å². The number of nitrogens with zero attached hydrogens (tertiary/aromatic N) is 8. The number of rotatable bonds is 6. The van der Waals surface area contributed by atoms with E-state index in [1.807, 2.05) is 12.3 Å². The molecule has 11 heteroatoms. The zero-order valence-corrected chi connectivity index (χ0v) is 20.5. The molecular weight excluding hydrogens is 456 g/mol. The first-order valence-electron chi connectivity index (χ1n) is 12.1. The number of hydrogen-bond acceptors (Lipinski definition) is 8. The fraction of sp³-hybridized carbons (Fsp3) is 0.400. The molecule has 0 bridgehead atoms. The van der Waals surface area contributed by atoms with E-state index in [4.69, 9.17) is 5.26 Å². The van der Waals surface area contributed by atoms with Crippen molar-refractivity contribution in [3.05, 3.63) is 48.2 Å². The highest BCUT2D eigenvalue weighted by atomic mass is 16.1. The third-order valence-electron chi connectivity index (χ3n) is 6.38. The Morgan fingerprint density at radius 3 is 2.67 bits per heavy atom. The second kappa shape index (κ2) is 9.73. The van der Waals surface area contributed by atoms with E-state index >= 15 is 0 Å². The van der Waals surface area contributed by atoms with Crippen molar-refractivity contribution in [2.45, 2.75) is 64.5 Å². The summed E-state index contributed by atoms with van der Waals surface area (Å²) < 4.78 is 3.42. The van der Waals surface area contributed by atoms with Gasteiger partial charge < -0.3 is 10.6 Å². The molecule has 1 aliphatic carbocycles. The largest absolute Gasteiger partial charge is 0.381 e. The maximum absolute atomic E-state index is 11.4. The standard InChI is InChI=1S/C25H28N10O/c1-15(2)30-21-9-24(35-25-19(12-29-35)8-17(10-26)11-28-25)27-13-23(21)34-14-22(32-33-34)18-4-6-20(7-5-18)31-16(3)36/h8-9,11-15,18,20H,4-7H2,1-3H3,(H,27,30)(H,31,36)/t18-,20-. The van der Waals surface area contributed by atoms with Gasteiger partial charge in [0.15, 0.2) is 11.5 Å². The Morgan fingerprint density at radius 1 is 1.14 bits per heavy atom. The molecule has 36 heavy (non-hydrogen) atoms. The molecule has 1 amide bonds. The quantitative estimate of drug-likeness (QED) is 0.425.